The molecule has 0 saturated carbocycles. The number of nitrogens with zero attached hydrogens (tertiary/aromatic N) is 4. The molecule has 2 aromatic heterocycles. The number of aryl methyl sites for hydroxylation is 1. The van der Waals surface area contributed by atoms with Crippen LogP contribution in [0.4, 0.5) is 0 Å². The molecule has 0 saturated heterocycles. The minimum Gasteiger partial charge on any atom is -0.329 e. The molecule has 0 unspecified atom stereocenters. The van der Waals surface area contributed by atoms with Crippen molar-refractivity contribution >= 4 is 11.2 Å². The van der Waals surface area contributed by atoms with Gasteiger partial charge in [0.2, 0.25) is 0 Å². The summed E-state index contributed by atoms with van der Waals surface area (Å²) in [6.45, 7) is 2.59. The Morgan fingerprint density at radius 3 is 2.68 bits per heavy atom. The molecule has 2 heterocycles. The fourth-order valence-electron chi connectivity index (χ4n) is 1.99. The van der Waals surface area contributed by atoms with Gasteiger partial charge in [-0.15, -0.1) is 0 Å². The largest absolute Gasteiger partial charge is 0.332 e. The molecule has 0 bridgehead atoms. The highest BCUT2D eigenvalue weighted by molar-refractivity contribution is 5.69. The Balaban J connectivity index is 2.43. The van der Waals surface area contributed by atoms with Crippen LogP contribution < -0.4 is 22.3 Å². The Labute approximate surface area is 109 Å². The molecule has 0 spiro atoms. The highest BCUT2D eigenvalue weighted by Gasteiger charge is 2.13. The molecule has 0 amide bonds. The van der Waals surface area contributed by atoms with Crippen molar-refractivity contribution in [3.05, 3.63) is 27.2 Å². The molecule has 0 aliphatic heterocycles. The van der Waals surface area contributed by atoms with Crippen LogP contribution in [-0.4, -0.2) is 38.3 Å². The summed E-state index contributed by atoms with van der Waals surface area (Å²) in [5, 5.41) is 3.15. The molecule has 0 aliphatic rings. The number of hydrogen-bond acceptors (Lipinski definition) is 5. The summed E-state index contributed by atoms with van der Waals surface area (Å²) in [5.41, 5.74) is 5.54. The number of aromatic nitrogens is 4. The van der Waals surface area contributed by atoms with Crippen molar-refractivity contribution in [3.63, 3.8) is 0 Å². The molecule has 2 aromatic rings. The minimum atomic E-state index is -0.371. The van der Waals surface area contributed by atoms with E-state index in [-0.39, 0.29) is 11.2 Å². The summed E-state index contributed by atoms with van der Waals surface area (Å²) in [6, 6.07) is 0. The fraction of sp³-hybridized carbons (Fsp3) is 0.545. The van der Waals surface area contributed by atoms with Crippen molar-refractivity contribution in [2.75, 3.05) is 19.6 Å². The topological polar surface area (TPSA) is 99.9 Å². The van der Waals surface area contributed by atoms with Gasteiger partial charge in [-0.3, -0.25) is 13.9 Å². The van der Waals surface area contributed by atoms with E-state index in [1.807, 2.05) is 0 Å². The number of fused-ring (bicyclic) bond motifs is 1. The van der Waals surface area contributed by atoms with E-state index in [0.29, 0.717) is 30.8 Å². The molecule has 2 rings (SSSR count). The zero-order valence-corrected chi connectivity index (χ0v) is 11.1. The molecular weight excluding hydrogens is 248 g/mol. The van der Waals surface area contributed by atoms with Gasteiger partial charge in [0.15, 0.2) is 11.2 Å². The number of nitrogens with one attached hydrogen (secondary N) is 1. The lowest BCUT2D eigenvalue weighted by atomic mass is 10.4. The second kappa shape index (κ2) is 5.37. The number of imidazole rings is 1. The van der Waals surface area contributed by atoms with Gasteiger partial charge in [-0.2, -0.15) is 0 Å². The predicted octanol–water partition coefficient (Wildman–Crippen LogP) is -2.02. The molecular formula is C11H18N6O2. The van der Waals surface area contributed by atoms with Gasteiger partial charge in [0.1, 0.15) is 0 Å². The van der Waals surface area contributed by atoms with Gasteiger partial charge in [-0.05, 0) is 0 Å². The first-order valence-electron chi connectivity index (χ1n) is 6.09. The van der Waals surface area contributed by atoms with Gasteiger partial charge in [0, 0.05) is 40.3 Å². The van der Waals surface area contributed by atoms with Crippen molar-refractivity contribution in [2.24, 2.45) is 19.8 Å². The maximum absolute atomic E-state index is 12.1. The fourth-order valence-corrected chi connectivity index (χ4v) is 1.99. The molecule has 8 nitrogen and oxygen atoms in total. The molecule has 0 aromatic carbocycles. The maximum atomic E-state index is 12.1. The number of hydrogen-bond donors (Lipinski definition) is 2. The first-order chi connectivity index (χ1) is 9.07. The van der Waals surface area contributed by atoms with Crippen molar-refractivity contribution in [2.45, 2.75) is 6.54 Å². The highest BCUT2D eigenvalue weighted by atomic mass is 16.2. The van der Waals surface area contributed by atoms with Crippen LogP contribution in [0, 0.1) is 0 Å². The first kappa shape index (κ1) is 13.5. The second-order valence-corrected chi connectivity index (χ2v) is 4.35. The van der Waals surface area contributed by atoms with E-state index in [1.165, 1.54) is 11.6 Å². The molecule has 0 aliphatic carbocycles. The third-order valence-electron chi connectivity index (χ3n) is 3.07. The highest BCUT2D eigenvalue weighted by Crippen LogP contribution is 2.04. The Bertz CT molecular complexity index is 695. The average Bonchev–Trinajstić information content (AvgIpc) is 2.83. The number of rotatable bonds is 5. The lowest BCUT2D eigenvalue weighted by molar-refractivity contribution is 0.607. The van der Waals surface area contributed by atoms with Gasteiger partial charge in [0.05, 0.1) is 6.33 Å². The van der Waals surface area contributed by atoms with Crippen molar-refractivity contribution < 1.29 is 0 Å². The van der Waals surface area contributed by atoms with Crippen molar-refractivity contribution in [1.29, 1.82) is 0 Å². The van der Waals surface area contributed by atoms with Crippen molar-refractivity contribution in [1.82, 2.24) is 24.0 Å². The van der Waals surface area contributed by atoms with Gasteiger partial charge < -0.3 is 15.6 Å². The summed E-state index contributed by atoms with van der Waals surface area (Å²) >= 11 is 0. The number of nitrogens with two attached hydrogens (primary N) is 1. The molecule has 0 radical (unpaired) electrons. The normalized spacial score (nSPS) is 11.3. The quantitative estimate of drug-likeness (QED) is 0.609. The van der Waals surface area contributed by atoms with Crippen LogP contribution in [0.5, 0.6) is 0 Å². The maximum Gasteiger partial charge on any atom is 0.332 e. The summed E-state index contributed by atoms with van der Waals surface area (Å²) < 4.78 is 4.22. The summed E-state index contributed by atoms with van der Waals surface area (Å²) in [4.78, 5) is 28.0. The Morgan fingerprint density at radius 2 is 2.00 bits per heavy atom. The van der Waals surface area contributed by atoms with E-state index in [4.69, 9.17) is 5.73 Å². The van der Waals surface area contributed by atoms with Crippen LogP contribution in [0.3, 0.4) is 0 Å². The van der Waals surface area contributed by atoms with E-state index >= 15 is 0 Å². The van der Waals surface area contributed by atoms with Crippen LogP contribution in [0.15, 0.2) is 15.9 Å². The standard InChI is InChI=1S/C11H18N6O2/c1-15-9-8(10(18)16(2)11(15)19)17(7-14-9)6-5-13-4-3-12/h7,13H,3-6,12H2,1-2H3. The van der Waals surface area contributed by atoms with E-state index < -0.39 is 0 Å². The van der Waals surface area contributed by atoms with Crippen molar-refractivity contribution in [3.8, 4) is 0 Å². The van der Waals surface area contributed by atoms with Gasteiger partial charge in [-0.25, -0.2) is 9.78 Å². The second-order valence-electron chi connectivity index (χ2n) is 4.35. The minimum absolute atomic E-state index is 0.325. The SMILES string of the molecule is Cn1c(=O)c2c(ncn2CCNCCN)n(C)c1=O. The zero-order chi connectivity index (χ0) is 14.0. The molecule has 8 heteroatoms. The first-order valence-corrected chi connectivity index (χ1v) is 6.09. The predicted molar refractivity (Wildman–Crippen MR) is 72.1 cm³/mol. The van der Waals surface area contributed by atoms with Gasteiger partial charge >= 0.3 is 5.69 Å². The summed E-state index contributed by atoms with van der Waals surface area (Å²) in [6.07, 6.45) is 1.58. The van der Waals surface area contributed by atoms with E-state index in [1.54, 1.807) is 17.9 Å². The Kier molecular flexibility index (Phi) is 3.82. The lowest BCUT2D eigenvalue weighted by Crippen LogP contribution is -2.37. The average molecular weight is 266 g/mol. The lowest BCUT2D eigenvalue weighted by Gasteiger charge is -2.07. The van der Waals surface area contributed by atoms with Crippen LogP contribution in [-0.2, 0) is 20.6 Å². The summed E-state index contributed by atoms with van der Waals surface area (Å²) in [5.74, 6) is 0. The molecule has 0 atom stereocenters. The molecule has 3 N–H and O–H groups in total. The summed E-state index contributed by atoms with van der Waals surface area (Å²) in [7, 11) is 3.07. The third kappa shape index (κ3) is 2.32. The zero-order valence-electron chi connectivity index (χ0n) is 11.1. The van der Waals surface area contributed by atoms with Crippen LogP contribution in [0.2, 0.25) is 0 Å². The Hall–Kier alpha value is -1.93. The van der Waals surface area contributed by atoms with Gasteiger partial charge in [0.25, 0.3) is 5.56 Å². The van der Waals surface area contributed by atoms with E-state index in [0.717, 1.165) is 11.1 Å². The van der Waals surface area contributed by atoms with E-state index in [2.05, 4.69) is 10.3 Å². The molecule has 0 fully saturated rings. The Morgan fingerprint density at radius 1 is 1.26 bits per heavy atom. The monoisotopic (exact) mass is 266 g/mol. The molecule has 104 valence electrons. The third-order valence-corrected chi connectivity index (χ3v) is 3.07. The molecule has 19 heavy (non-hydrogen) atoms. The smallest absolute Gasteiger partial charge is 0.329 e. The van der Waals surface area contributed by atoms with Crippen LogP contribution in [0.1, 0.15) is 0 Å². The van der Waals surface area contributed by atoms with Crippen LogP contribution in [0.25, 0.3) is 11.2 Å². The van der Waals surface area contributed by atoms with Crippen LogP contribution >= 0.6 is 0 Å². The van der Waals surface area contributed by atoms with E-state index in [9.17, 15) is 9.59 Å². The van der Waals surface area contributed by atoms with Gasteiger partial charge in [-0.1, -0.05) is 0 Å².